The van der Waals surface area contributed by atoms with Crippen molar-refractivity contribution in [1.29, 1.82) is 0 Å². The molecule has 1 aliphatic heterocycles. The molecule has 2 unspecified atom stereocenters. The number of furan rings is 1. The zero-order valence-corrected chi connectivity index (χ0v) is 12.6. The van der Waals surface area contributed by atoms with E-state index in [4.69, 9.17) is 4.42 Å². The minimum absolute atomic E-state index is 0.538. The van der Waals surface area contributed by atoms with E-state index in [1.807, 2.05) is 6.07 Å². The van der Waals surface area contributed by atoms with Crippen molar-refractivity contribution in [3.05, 3.63) is 24.2 Å². The van der Waals surface area contributed by atoms with Gasteiger partial charge >= 0.3 is 0 Å². The Morgan fingerprint density at radius 1 is 1.42 bits per heavy atom. The van der Waals surface area contributed by atoms with Crippen LogP contribution in [0.3, 0.4) is 0 Å². The summed E-state index contributed by atoms with van der Waals surface area (Å²) in [5.74, 6) is 1.81. The second kappa shape index (κ2) is 7.11. The minimum Gasteiger partial charge on any atom is -0.469 e. The molecule has 2 atom stereocenters. The Morgan fingerprint density at radius 2 is 2.26 bits per heavy atom. The molecule has 0 amide bonds. The summed E-state index contributed by atoms with van der Waals surface area (Å²) in [5, 5.41) is 3.61. The largest absolute Gasteiger partial charge is 0.469 e. The Labute approximate surface area is 117 Å². The molecule has 1 aromatic heterocycles. The highest BCUT2D eigenvalue weighted by Crippen LogP contribution is 2.15. The zero-order chi connectivity index (χ0) is 13.7. The van der Waals surface area contributed by atoms with Gasteiger partial charge in [-0.05, 0) is 44.4 Å². The second-order valence-corrected chi connectivity index (χ2v) is 6.27. The SMILES string of the molecule is CC(C)CN(CC1CCCN1)C(C)Cc1ccco1. The van der Waals surface area contributed by atoms with Gasteiger partial charge in [0.05, 0.1) is 6.26 Å². The van der Waals surface area contributed by atoms with Gasteiger partial charge in [-0.2, -0.15) is 0 Å². The van der Waals surface area contributed by atoms with Gasteiger partial charge in [0.15, 0.2) is 0 Å². The van der Waals surface area contributed by atoms with Crippen molar-refractivity contribution in [2.45, 2.75) is 52.1 Å². The molecular weight excluding hydrogens is 236 g/mol. The number of hydrogen-bond donors (Lipinski definition) is 1. The second-order valence-electron chi connectivity index (χ2n) is 6.27. The summed E-state index contributed by atoms with van der Waals surface area (Å²) in [7, 11) is 0. The summed E-state index contributed by atoms with van der Waals surface area (Å²) in [6, 6.07) is 5.28. The van der Waals surface area contributed by atoms with Crippen LogP contribution in [-0.2, 0) is 6.42 Å². The molecule has 0 spiro atoms. The third kappa shape index (κ3) is 4.66. The summed E-state index contributed by atoms with van der Waals surface area (Å²) in [4.78, 5) is 2.62. The molecule has 0 saturated carbocycles. The molecule has 3 nitrogen and oxygen atoms in total. The standard InChI is InChI=1S/C16H28N2O/c1-13(2)11-18(12-15-6-4-8-17-15)14(3)10-16-7-5-9-19-16/h5,7,9,13-15,17H,4,6,8,10-12H2,1-3H3. The highest BCUT2D eigenvalue weighted by atomic mass is 16.3. The Bertz CT molecular complexity index is 342. The van der Waals surface area contributed by atoms with Crippen molar-refractivity contribution in [2.75, 3.05) is 19.6 Å². The number of rotatable bonds is 7. The van der Waals surface area contributed by atoms with Crippen LogP contribution in [0.5, 0.6) is 0 Å². The molecular formula is C16H28N2O. The third-order valence-electron chi connectivity index (χ3n) is 3.92. The lowest BCUT2D eigenvalue weighted by Gasteiger charge is -2.32. The molecule has 0 bridgehead atoms. The topological polar surface area (TPSA) is 28.4 Å². The molecule has 2 rings (SSSR count). The first-order valence-electron chi connectivity index (χ1n) is 7.65. The van der Waals surface area contributed by atoms with Gasteiger partial charge in [0, 0.05) is 31.6 Å². The maximum atomic E-state index is 5.49. The van der Waals surface area contributed by atoms with Gasteiger partial charge in [-0.1, -0.05) is 13.8 Å². The van der Waals surface area contributed by atoms with Gasteiger partial charge in [-0.15, -0.1) is 0 Å². The first kappa shape index (κ1) is 14.6. The third-order valence-corrected chi connectivity index (χ3v) is 3.92. The molecule has 0 aromatic carbocycles. The van der Waals surface area contributed by atoms with Gasteiger partial charge in [-0.3, -0.25) is 4.90 Å². The number of nitrogens with one attached hydrogen (secondary N) is 1. The molecule has 1 saturated heterocycles. The highest BCUT2D eigenvalue weighted by Gasteiger charge is 2.22. The summed E-state index contributed by atoms with van der Waals surface area (Å²) in [6.45, 7) is 10.4. The van der Waals surface area contributed by atoms with E-state index in [0.29, 0.717) is 18.0 Å². The lowest BCUT2D eigenvalue weighted by molar-refractivity contribution is 0.165. The predicted molar refractivity (Wildman–Crippen MR) is 79.3 cm³/mol. The van der Waals surface area contributed by atoms with E-state index in [9.17, 15) is 0 Å². The van der Waals surface area contributed by atoms with E-state index in [1.165, 1.54) is 32.5 Å². The number of hydrogen-bond acceptors (Lipinski definition) is 3. The van der Waals surface area contributed by atoms with Crippen molar-refractivity contribution in [1.82, 2.24) is 10.2 Å². The van der Waals surface area contributed by atoms with Crippen LogP contribution in [0.2, 0.25) is 0 Å². The molecule has 19 heavy (non-hydrogen) atoms. The maximum Gasteiger partial charge on any atom is 0.105 e. The molecule has 1 aromatic rings. The van der Waals surface area contributed by atoms with Crippen molar-refractivity contribution in [3.8, 4) is 0 Å². The molecule has 3 heteroatoms. The Balaban J connectivity index is 1.90. The molecule has 1 aliphatic rings. The molecule has 1 fully saturated rings. The van der Waals surface area contributed by atoms with Crippen LogP contribution >= 0.6 is 0 Å². The van der Waals surface area contributed by atoms with E-state index < -0.39 is 0 Å². The van der Waals surface area contributed by atoms with Crippen LogP contribution in [0.15, 0.2) is 22.8 Å². The fraction of sp³-hybridized carbons (Fsp3) is 0.750. The fourth-order valence-electron chi connectivity index (χ4n) is 2.95. The van der Waals surface area contributed by atoms with Crippen LogP contribution < -0.4 is 5.32 Å². The van der Waals surface area contributed by atoms with Crippen LogP contribution in [0.25, 0.3) is 0 Å². The van der Waals surface area contributed by atoms with Gasteiger partial charge in [0.2, 0.25) is 0 Å². The van der Waals surface area contributed by atoms with Crippen molar-refractivity contribution in [2.24, 2.45) is 5.92 Å². The van der Waals surface area contributed by atoms with Gasteiger partial charge in [-0.25, -0.2) is 0 Å². The zero-order valence-electron chi connectivity index (χ0n) is 12.6. The van der Waals surface area contributed by atoms with E-state index in [1.54, 1.807) is 6.26 Å². The Morgan fingerprint density at radius 3 is 2.84 bits per heavy atom. The summed E-state index contributed by atoms with van der Waals surface area (Å²) in [5.41, 5.74) is 0. The Kier molecular flexibility index (Phi) is 5.46. The summed E-state index contributed by atoms with van der Waals surface area (Å²) in [6.07, 6.45) is 5.43. The molecule has 0 radical (unpaired) electrons. The van der Waals surface area contributed by atoms with E-state index in [0.717, 1.165) is 12.2 Å². The van der Waals surface area contributed by atoms with E-state index in [-0.39, 0.29) is 0 Å². The quantitative estimate of drug-likeness (QED) is 0.821. The smallest absolute Gasteiger partial charge is 0.105 e. The van der Waals surface area contributed by atoms with Gasteiger partial charge < -0.3 is 9.73 Å². The average Bonchev–Trinajstić information content (AvgIpc) is 3.00. The summed E-state index contributed by atoms with van der Waals surface area (Å²) >= 11 is 0. The lowest BCUT2D eigenvalue weighted by Crippen LogP contribution is -2.44. The van der Waals surface area contributed by atoms with Crippen molar-refractivity contribution < 1.29 is 4.42 Å². The van der Waals surface area contributed by atoms with Crippen molar-refractivity contribution in [3.63, 3.8) is 0 Å². The normalized spacial score (nSPS) is 21.4. The average molecular weight is 264 g/mol. The van der Waals surface area contributed by atoms with Crippen LogP contribution in [0, 0.1) is 5.92 Å². The van der Waals surface area contributed by atoms with Crippen LogP contribution in [-0.4, -0.2) is 36.6 Å². The van der Waals surface area contributed by atoms with Crippen LogP contribution in [0.1, 0.15) is 39.4 Å². The first-order valence-corrected chi connectivity index (χ1v) is 7.65. The van der Waals surface area contributed by atoms with E-state index >= 15 is 0 Å². The minimum atomic E-state index is 0.538. The molecule has 0 aliphatic carbocycles. The Hall–Kier alpha value is -0.800. The van der Waals surface area contributed by atoms with Crippen molar-refractivity contribution >= 4 is 0 Å². The first-order chi connectivity index (χ1) is 9.15. The fourth-order valence-corrected chi connectivity index (χ4v) is 2.95. The molecule has 2 heterocycles. The number of nitrogens with zero attached hydrogens (tertiary/aromatic N) is 1. The maximum absolute atomic E-state index is 5.49. The van der Waals surface area contributed by atoms with Crippen LogP contribution in [0.4, 0.5) is 0 Å². The molecule has 108 valence electrons. The van der Waals surface area contributed by atoms with Gasteiger partial charge in [0.1, 0.15) is 5.76 Å². The van der Waals surface area contributed by atoms with E-state index in [2.05, 4.69) is 37.1 Å². The molecule has 1 N–H and O–H groups in total. The lowest BCUT2D eigenvalue weighted by atomic mass is 10.1. The highest BCUT2D eigenvalue weighted by molar-refractivity contribution is 5.00. The van der Waals surface area contributed by atoms with Gasteiger partial charge in [0.25, 0.3) is 0 Å². The summed E-state index contributed by atoms with van der Waals surface area (Å²) < 4.78 is 5.49. The monoisotopic (exact) mass is 264 g/mol. The predicted octanol–water partition coefficient (Wildman–Crippen LogP) is 2.92.